The second kappa shape index (κ2) is 8.91. The van der Waals surface area contributed by atoms with E-state index in [1.165, 1.54) is 10.7 Å². The maximum atomic E-state index is 13.3. The number of sulfonamides is 1. The van der Waals surface area contributed by atoms with Gasteiger partial charge >= 0.3 is 0 Å². The van der Waals surface area contributed by atoms with Crippen molar-refractivity contribution in [3.05, 3.63) is 54.1 Å². The maximum Gasteiger partial charge on any atom is 0.264 e. The highest BCUT2D eigenvalue weighted by molar-refractivity contribution is 7.92. The first-order valence-corrected chi connectivity index (χ1v) is 12.5. The summed E-state index contributed by atoms with van der Waals surface area (Å²) in [4.78, 5) is 12.6. The summed E-state index contributed by atoms with van der Waals surface area (Å²) in [5.41, 5.74) is 1.78. The van der Waals surface area contributed by atoms with Crippen LogP contribution >= 0.6 is 0 Å². The second-order valence-electron chi connectivity index (χ2n) is 8.56. The van der Waals surface area contributed by atoms with Gasteiger partial charge in [0.1, 0.15) is 5.75 Å². The SMILES string of the molecule is C[C@@H](Oc1ccc(S(=O)(=O)N2c3ccccc3C[C@@H]2C)cc1)C(=O)NC1CCCCC1. The number of hydrogen-bond donors (Lipinski definition) is 1. The Labute approximate surface area is 184 Å². The Hall–Kier alpha value is -2.54. The molecule has 1 saturated carbocycles. The molecule has 31 heavy (non-hydrogen) atoms. The largest absolute Gasteiger partial charge is 0.481 e. The number of amides is 1. The lowest BCUT2D eigenvalue weighted by molar-refractivity contribution is -0.128. The lowest BCUT2D eigenvalue weighted by atomic mass is 9.95. The highest BCUT2D eigenvalue weighted by atomic mass is 32.2. The molecule has 0 saturated heterocycles. The van der Waals surface area contributed by atoms with Crippen LogP contribution in [-0.2, 0) is 21.2 Å². The molecule has 7 heteroatoms. The van der Waals surface area contributed by atoms with E-state index in [0.717, 1.165) is 36.9 Å². The first-order valence-electron chi connectivity index (χ1n) is 11.1. The number of ether oxygens (including phenoxy) is 1. The number of benzene rings is 2. The fourth-order valence-corrected chi connectivity index (χ4v) is 6.22. The second-order valence-corrected chi connectivity index (χ2v) is 10.4. The molecular weight excluding hydrogens is 412 g/mol. The molecule has 6 nitrogen and oxygen atoms in total. The Balaban J connectivity index is 1.43. The molecule has 4 rings (SSSR count). The van der Waals surface area contributed by atoms with Crippen molar-refractivity contribution in [3.63, 3.8) is 0 Å². The number of fused-ring (bicyclic) bond motifs is 1. The van der Waals surface area contributed by atoms with Crippen LogP contribution in [0.15, 0.2) is 53.4 Å². The van der Waals surface area contributed by atoms with E-state index in [2.05, 4.69) is 5.32 Å². The van der Waals surface area contributed by atoms with Gasteiger partial charge in [-0.15, -0.1) is 0 Å². The van der Waals surface area contributed by atoms with Gasteiger partial charge in [0, 0.05) is 12.1 Å². The van der Waals surface area contributed by atoms with Gasteiger partial charge in [-0.1, -0.05) is 37.5 Å². The van der Waals surface area contributed by atoms with E-state index in [9.17, 15) is 13.2 Å². The molecule has 2 aromatic carbocycles. The number of anilines is 1. The van der Waals surface area contributed by atoms with Crippen molar-refractivity contribution in [1.29, 1.82) is 0 Å². The van der Waals surface area contributed by atoms with Gasteiger partial charge in [0.25, 0.3) is 15.9 Å². The third kappa shape index (κ3) is 4.56. The quantitative estimate of drug-likeness (QED) is 0.733. The Bertz CT molecular complexity index is 1030. The van der Waals surface area contributed by atoms with Gasteiger partial charge in [0.2, 0.25) is 0 Å². The first-order chi connectivity index (χ1) is 14.9. The molecule has 2 atom stereocenters. The summed E-state index contributed by atoms with van der Waals surface area (Å²) in [6, 6.07) is 14.0. The number of carbonyl (C=O) groups is 1. The van der Waals surface area contributed by atoms with Gasteiger partial charge in [-0.2, -0.15) is 0 Å². The number of hydrogen-bond acceptors (Lipinski definition) is 4. The van der Waals surface area contributed by atoms with Crippen LogP contribution in [0.25, 0.3) is 0 Å². The van der Waals surface area contributed by atoms with Crippen LogP contribution in [0.2, 0.25) is 0 Å². The van der Waals surface area contributed by atoms with Gasteiger partial charge in [-0.3, -0.25) is 9.10 Å². The van der Waals surface area contributed by atoms with Crippen molar-refractivity contribution in [1.82, 2.24) is 5.32 Å². The Morgan fingerprint density at radius 3 is 2.45 bits per heavy atom. The van der Waals surface area contributed by atoms with Crippen LogP contribution in [0.4, 0.5) is 5.69 Å². The zero-order chi connectivity index (χ0) is 22.0. The van der Waals surface area contributed by atoms with Crippen LogP contribution < -0.4 is 14.4 Å². The Kier molecular flexibility index (Phi) is 6.23. The number of nitrogens with zero attached hydrogens (tertiary/aromatic N) is 1. The average Bonchev–Trinajstić information content (AvgIpc) is 3.11. The lowest BCUT2D eigenvalue weighted by Gasteiger charge is -2.25. The zero-order valence-corrected chi connectivity index (χ0v) is 18.9. The summed E-state index contributed by atoms with van der Waals surface area (Å²) in [5.74, 6) is 0.339. The lowest BCUT2D eigenvalue weighted by Crippen LogP contribution is -2.43. The topological polar surface area (TPSA) is 75.7 Å². The minimum Gasteiger partial charge on any atom is -0.481 e. The molecule has 1 aliphatic carbocycles. The smallest absolute Gasteiger partial charge is 0.264 e. The van der Waals surface area contributed by atoms with E-state index < -0.39 is 16.1 Å². The Morgan fingerprint density at radius 2 is 1.74 bits per heavy atom. The summed E-state index contributed by atoms with van der Waals surface area (Å²) >= 11 is 0. The van der Waals surface area contributed by atoms with Crippen LogP contribution in [0, 0.1) is 0 Å². The molecule has 1 amide bonds. The minimum absolute atomic E-state index is 0.133. The van der Waals surface area contributed by atoms with Crippen LogP contribution in [0.3, 0.4) is 0 Å². The normalized spacial score (nSPS) is 20.2. The molecule has 0 radical (unpaired) electrons. The van der Waals surface area contributed by atoms with E-state index in [1.54, 1.807) is 31.2 Å². The van der Waals surface area contributed by atoms with E-state index in [1.807, 2.05) is 31.2 Å². The predicted molar refractivity (Wildman–Crippen MR) is 121 cm³/mol. The molecule has 166 valence electrons. The molecule has 1 N–H and O–H groups in total. The maximum absolute atomic E-state index is 13.3. The molecule has 0 aromatic heterocycles. The summed E-state index contributed by atoms with van der Waals surface area (Å²) in [6.07, 6.45) is 5.62. The number of rotatable bonds is 6. The molecule has 0 spiro atoms. The molecule has 2 aromatic rings. The van der Waals surface area contributed by atoms with Gasteiger partial charge in [-0.05, 0) is 69.0 Å². The fourth-order valence-electron chi connectivity index (χ4n) is 4.53. The van der Waals surface area contributed by atoms with Crippen molar-refractivity contribution in [2.24, 2.45) is 0 Å². The summed E-state index contributed by atoms with van der Waals surface area (Å²) in [5, 5.41) is 3.06. The molecule has 0 bridgehead atoms. The van der Waals surface area contributed by atoms with Gasteiger partial charge in [-0.25, -0.2) is 8.42 Å². The van der Waals surface area contributed by atoms with E-state index in [4.69, 9.17) is 4.74 Å². The standard InChI is InChI=1S/C24H30N2O4S/c1-17-16-19-8-6-7-11-23(19)26(17)31(28,29)22-14-12-21(13-15-22)30-18(2)24(27)25-20-9-4-3-5-10-20/h6-8,11-15,17-18,20H,3-5,9-10,16H2,1-2H3,(H,25,27)/t17-,18+/m0/s1. The number of carbonyl (C=O) groups excluding carboxylic acids is 1. The monoisotopic (exact) mass is 442 g/mol. The van der Waals surface area contributed by atoms with E-state index >= 15 is 0 Å². The average molecular weight is 443 g/mol. The molecule has 2 aliphatic rings. The van der Waals surface area contributed by atoms with Crippen LogP contribution in [0.5, 0.6) is 5.75 Å². The summed E-state index contributed by atoms with van der Waals surface area (Å²) in [6.45, 7) is 3.63. The number of nitrogens with one attached hydrogen (secondary N) is 1. The van der Waals surface area contributed by atoms with Gasteiger partial charge in [0.15, 0.2) is 6.10 Å². The van der Waals surface area contributed by atoms with Gasteiger partial charge < -0.3 is 10.1 Å². The van der Waals surface area contributed by atoms with Crippen LogP contribution in [0.1, 0.15) is 51.5 Å². The predicted octanol–water partition coefficient (Wildman–Crippen LogP) is 4.04. The third-order valence-electron chi connectivity index (χ3n) is 6.16. The molecule has 1 fully saturated rings. The van der Waals surface area contributed by atoms with E-state index in [-0.39, 0.29) is 22.9 Å². The van der Waals surface area contributed by atoms with Gasteiger partial charge in [0.05, 0.1) is 10.6 Å². The van der Waals surface area contributed by atoms with Crippen LogP contribution in [-0.4, -0.2) is 32.5 Å². The molecule has 1 heterocycles. The first kappa shape index (κ1) is 21.7. The number of para-hydroxylation sites is 1. The third-order valence-corrected chi connectivity index (χ3v) is 8.10. The highest BCUT2D eigenvalue weighted by Crippen LogP contribution is 2.36. The summed E-state index contributed by atoms with van der Waals surface area (Å²) in [7, 11) is -3.68. The molecule has 1 aliphatic heterocycles. The van der Waals surface area contributed by atoms with Crippen molar-refractivity contribution in [3.8, 4) is 5.75 Å². The Morgan fingerprint density at radius 1 is 1.06 bits per heavy atom. The zero-order valence-electron chi connectivity index (χ0n) is 18.1. The minimum atomic E-state index is -3.68. The highest BCUT2D eigenvalue weighted by Gasteiger charge is 2.35. The van der Waals surface area contributed by atoms with Crippen molar-refractivity contribution in [2.45, 2.75) is 75.5 Å². The van der Waals surface area contributed by atoms with Crippen molar-refractivity contribution >= 4 is 21.6 Å². The molecular formula is C24H30N2O4S. The fraction of sp³-hybridized carbons (Fsp3) is 0.458. The molecule has 0 unspecified atom stereocenters. The van der Waals surface area contributed by atoms with Crippen molar-refractivity contribution < 1.29 is 17.9 Å². The van der Waals surface area contributed by atoms with Crippen molar-refractivity contribution in [2.75, 3.05) is 4.31 Å². The summed E-state index contributed by atoms with van der Waals surface area (Å²) < 4.78 is 33.8. The van der Waals surface area contributed by atoms with E-state index in [0.29, 0.717) is 12.2 Å².